The number of hydrogen-bond acceptors (Lipinski definition) is 12. The van der Waals surface area contributed by atoms with Crippen molar-refractivity contribution in [3.05, 3.63) is 148 Å². The number of nitrogens with zero attached hydrogens (tertiary/aromatic N) is 6. The van der Waals surface area contributed by atoms with E-state index in [9.17, 15) is 29.1 Å². The molecule has 0 saturated carbocycles. The van der Waals surface area contributed by atoms with E-state index in [0.717, 1.165) is 98.2 Å². The average molecular weight is 1080 g/mol. The second kappa shape index (κ2) is 23.9. The van der Waals surface area contributed by atoms with Crippen molar-refractivity contribution in [2.24, 2.45) is 5.92 Å². The zero-order valence-electron chi connectivity index (χ0n) is 41.8. The minimum atomic E-state index is -3.72. The number of carboxylic acid groups (broad SMARTS) is 1. The number of aromatic carboxylic acids is 1. The van der Waals surface area contributed by atoms with Crippen molar-refractivity contribution in [3.63, 3.8) is 0 Å². The maximum atomic E-state index is 14.9. The fourth-order valence-corrected chi connectivity index (χ4v) is 14.2. The van der Waals surface area contributed by atoms with Crippen LogP contribution in [0.4, 0.5) is 28.4 Å². The molecule has 4 heterocycles. The maximum Gasteiger partial charge on any atom is 0.338 e. The quantitative estimate of drug-likeness (QED) is 0.0321. The third kappa shape index (κ3) is 11.9. The van der Waals surface area contributed by atoms with Crippen LogP contribution in [0.3, 0.4) is 0 Å². The third-order valence-electron chi connectivity index (χ3n) is 14.4. The van der Waals surface area contributed by atoms with Crippen LogP contribution in [0, 0.1) is 23.0 Å². The number of rotatable bonds is 20. The number of carboxylic acids is 1. The van der Waals surface area contributed by atoms with Gasteiger partial charge >= 0.3 is 22.2 Å². The molecule has 3 aliphatic rings. The first-order chi connectivity index (χ1) is 35.8. The summed E-state index contributed by atoms with van der Waals surface area (Å²) in [5, 5.41) is 27.7. The molecular weight excluding hydrogens is 1020 g/mol. The van der Waals surface area contributed by atoms with E-state index in [-0.39, 0.29) is 43.9 Å². The van der Waals surface area contributed by atoms with E-state index in [2.05, 4.69) is 62.7 Å². The molecule has 3 fully saturated rings. The Morgan fingerprint density at radius 2 is 1.57 bits per heavy atom. The molecule has 1 aromatic heterocycles. The predicted molar refractivity (Wildman–Crippen MR) is 299 cm³/mol. The number of halogens is 1. The maximum absolute atomic E-state index is 14.9. The van der Waals surface area contributed by atoms with E-state index in [1.165, 1.54) is 6.07 Å². The Morgan fingerprint density at radius 3 is 2.23 bits per heavy atom. The van der Waals surface area contributed by atoms with Gasteiger partial charge in [0.25, 0.3) is 5.69 Å². The minimum Gasteiger partial charge on any atom is -0.478 e. The molecule has 2 N–H and O–H groups in total. The molecule has 2 unspecified atom stereocenters. The van der Waals surface area contributed by atoms with Gasteiger partial charge in [0.05, 0.1) is 41.2 Å². The van der Waals surface area contributed by atoms with Crippen molar-refractivity contribution in [3.8, 4) is 22.4 Å². The van der Waals surface area contributed by atoms with Crippen LogP contribution in [0.5, 0.6) is 0 Å². The Hall–Kier alpha value is -5.70. The second-order valence-corrected chi connectivity index (χ2v) is 23.6. The van der Waals surface area contributed by atoms with Gasteiger partial charge in [0.2, 0.25) is 0 Å². The van der Waals surface area contributed by atoms with Gasteiger partial charge in [0.15, 0.2) is 0 Å². The SMILES string of the molecule is Cc1c(C(=O)O)c(-c2cccc(N3CCN(c4ccc(N5CCOP5(=O)c5ccc(NC(CCN6CCC(COP=O)CC6)CSc6ccccc6)c([N+](=O)[O-])c5)cc4)CC3)c2)c(-c2ccc(Cl)cc2)n1C(C)C. The fourth-order valence-electron chi connectivity index (χ4n) is 10.6. The number of likely N-dealkylation sites (tertiary alicyclic amines) is 1. The van der Waals surface area contributed by atoms with E-state index in [1.807, 2.05) is 85.8 Å². The largest absolute Gasteiger partial charge is 0.478 e. The Balaban J connectivity index is 0.874. The Kier molecular flexibility index (Phi) is 17.1. The minimum absolute atomic E-state index is 0.0135. The predicted octanol–water partition coefficient (Wildman–Crippen LogP) is 12.6. The number of piperazine rings is 1. The molecule has 388 valence electrons. The number of benzene rings is 5. The molecule has 6 aromatic rings. The van der Waals surface area contributed by atoms with Crippen LogP contribution < -0.4 is 25.1 Å². The molecule has 15 nitrogen and oxygen atoms in total. The van der Waals surface area contributed by atoms with E-state index >= 15 is 0 Å². The van der Waals surface area contributed by atoms with Crippen molar-refractivity contribution in [1.29, 1.82) is 0 Å². The molecule has 0 amide bonds. The molecule has 0 spiro atoms. The third-order valence-corrected chi connectivity index (χ3v) is 18.6. The van der Waals surface area contributed by atoms with Gasteiger partial charge in [0, 0.05) is 94.9 Å². The summed E-state index contributed by atoms with van der Waals surface area (Å²) < 4.78 is 40.7. The summed E-state index contributed by atoms with van der Waals surface area (Å²) in [5.41, 5.74) is 7.18. The lowest BCUT2D eigenvalue weighted by Crippen LogP contribution is -2.46. The van der Waals surface area contributed by atoms with Gasteiger partial charge in [0.1, 0.15) is 5.69 Å². The first kappa shape index (κ1) is 53.1. The van der Waals surface area contributed by atoms with Gasteiger partial charge in [-0.1, -0.05) is 54.1 Å². The highest BCUT2D eigenvalue weighted by atomic mass is 35.5. The first-order valence-electron chi connectivity index (χ1n) is 25.2. The van der Waals surface area contributed by atoms with Crippen LogP contribution in [0.15, 0.2) is 126 Å². The molecule has 9 rings (SSSR count). The first-order valence-corrected chi connectivity index (χ1v) is 28.9. The topological polar surface area (TPSA) is 163 Å². The highest BCUT2D eigenvalue weighted by molar-refractivity contribution is 7.99. The Morgan fingerprint density at radius 1 is 0.878 bits per heavy atom. The van der Waals surface area contributed by atoms with Crippen LogP contribution in [0.25, 0.3) is 22.4 Å². The highest BCUT2D eigenvalue weighted by Crippen LogP contribution is 2.56. The number of nitro groups is 1. The van der Waals surface area contributed by atoms with Crippen LogP contribution in [-0.2, 0) is 18.2 Å². The summed E-state index contributed by atoms with van der Waals surface area (Å²) in [7, 11) is -4.01. The number of nitro benzene ring substituents is 1. The lowest BCUT2D eigenvalue weighted by Gasteiger charge is -2.37. The summed E-state index contributed by atoms with van der Waals surface area (Å²) in [6.07, 6.45) is 2.68. The molecule has 3 aliphatic heterocycles. The van der Waals surface area contributed by atoms with E-state index in [0.29, 0.717) is 52.5 Å². The van der Waals surface area contributed by atoms with E-state index in [1.54, 1.807) is 28.6 Å². The number of carbonyl (C=O) groups is 1. The van der Waals surface area contributed by atoms with Gasteiger partial charge in [-0.05, 0) is 143 Å². The Bertz CT molecular complexity index is 2990. The molecule has 0 bridgehead atoms. The number of aromatic nitrogens is 1. The van der Waals surface area contributed by atoms with Crippen molar-refractivity contribution < 1.29 is 33.0 Å². The van der Waals surface area contributed by atoms with Crippen LogP contribution in [-0.4, -0.2) is 103 Å². The number of hydrogen-bond donors (Lipinski definition) is 2. The zero-order chi connectivity index (χ0) is 51.9. The lowest BCUT2D eigenvalue weighted by molar-refractivity contribution is -0.383. The molecular formula is C55H62ClN7O8P2S. The van der Waals surface area contributed by atoms with Crippen LogP contribution in [0.2, 0.25) is 5.02 Å². The van der Waals surface area contributed by atoms with Crippen LogP contribution >= 0.6 is 39.6 Å². The standard InChI is InChI=1S/C55H62ClN7O8P2S/c1-38(2)62-39(3)52(55(64)65)53(54(62)41-12-14-43(56)15-13-41)42-8-7-9-47(34-42)60-30-28-59(29-31-60)45-16-18-46(19-17-45)61-32-33-71-73(61,69)48-20-21-50(51(35-48)63(66)67)57-44(37-74-49-10-5-4-6-11-49)24-27-58-25-22-40(23-26-58)36-70-72-68/h4-21,34-35,38,40,44,57H,22-33,36-37H2,1-3H3,(H,64,65). The summed E-state index contributed by atoms with van der Waals surface area (Å²) in [4.78, 5) is 33.4. The summed E-state index contributed by atoms with van der Waals surface area (Å²) in [5.74, 6) is 0.0921. The average Bonchev–Trinajstić information content (AvgIpc) is 3.97. The monoisotopic (exact) mass is 1080 g/mol. The van der Waals surface area contributed by atoms with Crippen molar-refractivity contribution >= 4 is 79.3 Å². The van der Waals surface area contributed by atoms with Gasteiger partial charge < -0.3 is 34.2 Å². The number of nitrogens with one attached hydrogen (secondary N) is 1. The normalized spacial score (nSPS) is 18.1. The van der Waals surface area contributed by atoms with Gasteiger partial charge in [-0.2, -0.15) is 0 Å². The molecule has 19 heteroatoms. The summed E-state index contributed by atoms with van der Waals surface area (Å²) in [6.45, 7) is 12.6. The number of piperidine rings is 1. The van der Waals surface area contributed by atoms with E-state index < -0.39 is 18.4 Å². The molecule has 5 aromatic carbocycles. The Labute approximate surface area is 443 Å². The molecule has 2 atom stereocenters. The fraction of sp³-hybridized carbons (Fsp3) is 0.364. The van der Waals surface area contributed by atoms with Crippen LogP contribution in [0.1, 0.15) is 55.2 Å². The van der Waals surface area contributed by atoms with Crippen molar-refractivity contribution in [2.75, 3.05) is 91.1 Å². The smallest absolute Gasteiger partial charge is 0.338 e. The zero-order valence-corrected chi connectivity index (χ0v) is 45.2. The summed E-state index contributed by atoms with van der Waals surface area (Å²) >= 11 is 7.99. The summed E-state index contributed by atoms with van der Waals surface area (Å²) in [6, 6.07) is 38.4. The van der Waals surface area contributed by atoms with Gasteiger partial charge in [-0.25, -0.2) is 9.36 Å². The molecule has 3 saturated heterocycles. The van der Waals surface area contributed by atoms with Gasteiger partial charge in [-0.3, -0.25) is 23.9 Å². The number of thioether (sulfide) groups is 1. The lowest BCUT2D eigenvalue weighted by atomic mass is 9.96. The van der Waals surface area contributed by atoms with Crippen molar-refractivity contribution in [2.45, 2.75) is 57.0 Å². The molecule has 0 aliphatic carbocycles. The highest BCUT2D eigenvalue weighted by Gasteiger charge is 2.41. The number of anilines is 4. The molecule has 0 radical (unpaired) electrons. The molecule has 74 heavy (non-hydrogen) atoms. The second-order valence-electron chi connectivity index (χ2n) is 19.3. The van der Waals surface area contributed by atoms with Crippen molar-refractivity contribution in [1.82, 2.24) is 9.47 Å². The van der Waals surface area contributed by atoms with E-state index in [4.69, 9.17) is 20.6 Å². The van der Waals surface area contributed by atoms with Gasteiger partial charge in [-0.15, -0.1) is 11.8 Å².